The van der Waals surface area contributed by atoms with Crippen LogP contribution in [0.25, 0.3) is 0 Å². The summed E-state index contributed by atoms with van der Waals surface area (Å²) in [5, 5.41) is 0. The molecule has 0 spiro atoms. The molecule has 0 aliphatic heterocycles. The summed E-state index contributed by atoms with van der Waals surface area (Å²) in [7, 11) is 0. The average molecular weight is 140 g/mol. The number of hydrogen-bond donors (Lipinski definition) is 0. The zero-order valence-electron chi connectivity index (χ0n) is 7.61. The number of unbranched alkanes of at least 4 members (excludes halogenated alkanes) is 2. The molecular formula is C10H20. The quantitative estimate of drug-likeness (QED) is 0.521. The van der Waals surface area contributed by atoms with Crippen LogP contribution in [0.15, 0.2) is 24.8 Å². The Labute approximate surface area is 65.7 Å². The molecule has 0 atom stereocenters. The third-order valence-electron chi connectivity index (χ3n) is 1.06. The van der Waals surface area contributed by atoms with Crippen LogP contribution in [0.2, 0.25) is 0 Å². The van der Waals surface area contributed by atoms with Crippen molar-refractivity contribution in [3.8, 4) is 0 Å². The summed E-state index contributed by atoms with van der Waals surface area (Å²) in [6.07, 6.45) is 5.80. The Hall–Kier alpha value is -0.520. The van der Waals surface area contributed by atoms with Crippen molar-refractivity contribution >= 4 is 0 Å². The fourth-order valence-corrected chi connectivity index (χ4v) is 0.354. The smallest absolute Gasteiger partial charge is 0.0404 e. The summed E-state index contributed by atoms with van der Waals surface area (Å²) in [4.78, 5) is 0. The summed E-state index contributed by atoms with van der Waals surface area (Å²) in [5.41, 5.74) is 1.02. The monoisotopic (exact) mass is 140 g/mol. The molecule has 0 fully saturated rings. The molecule has 0 saturated carbocycles. The molecule has 0 bridgehead atoms. The first-order valence-electron chi connectivity index (χ1n) is 3.96. The number of rotatable bonds is 3. The van der Waals surface area contributed by atoms with Crippen LogP contribution in [-0.4, -0.2) is 0 Å². The van der Waals surface area contributed by atoms with Gasteiger partial charge in [-0.25, -0.2) is 0 Å². The van der Waals surface area contributed by atoms with Crippen LogP contribution in [0.3, 0.4) is 0 Å². The molecule has 0 rings (SSSR count). The topological polar surface area (TPSA) is 0 Å². The summed E-state index contributed by atoms with van der Waals surface area (Å²) in [6.45, 7) is 13.3. The second-order valence-corrected chi connectivity index (χ2v) is 2.40. The summed E-state index contributed by atoms with van der Waals surface area (Å²) >= 11 is 0. The molecule has 0 saturated heterocycles. The fourth-order valence-electron chi connectivity index (χ4n) is 0.354. The Kier molecular flexibility index (Phi) is 13.8. The number of allylic oxidation sites excluding steroid dienone is 2. The lowest BCUT2D eigenvalue weighted by Gasteiger charge is -1.79. The maximum Gasteiger partial charge on any atom is -0.0404 e. The minimum Gasteiger partial charge on any atom is -0.0988 e. The Morgan fingerprint density at radius 1 is 1.30 bits per heavy atom. The number of hydrogen-bond acceptors (Lipinski definition) is 0. The first kappa shape index (κ1) is 12.2. The lowest BCUT2D eigenvalue weighted by molar-refractivity contribution is 0.772. The van der Waals surface area contributed by atoms with Gasteiger partial charge in [-0.15, -0.1) is 0 Å². The highest BCUT2D eigenvalue weighted by Gasteiger charge is 1.68. The van der Waals surface area contributed by atoms with Crippen LogP contribution >= 0.6 is 0 Å². The van der Waals surface area contributed by atoms with E-state index in [1.807, 2.05) is 6.92 Å². The molecule has 0 nitrogen and oxygen atoms in total. The molecule has 0 aromatic carbocycles. The van der Waals surface area contributed by atoms with Gasteiger partial charge in [0.25, 0.3) is 0 Å². The zero-order chi connectivity index (χ0) is 8.41. The van der Waals surface area contributed by atoms with E-state index in [1.165, 1.54) is 19.3 Å². The van der Waals surface area contributed by atoms with Gasteiger partial charge in [-0.3, -0.25) is 0 Å². The van der Waals surface area contributed by atoms with Crippen LogP contribution in [0.5, 0.6) is 0 Å². The third-order valence-corrected chi connectivity index (χ3v) is 1.06. The zero-order valence-corrected chi connectivity index (χ0v) is 7.61. The summed E-state index contributed by atoms with van der Waals surface area (Å²) in [5.74, 6) is 0. The molecule has 0 radical (unpaired) electrons. The van der Waals surface area contributed by atoms with E-state index >= 15 is 0 Å². The van der Waals surface area contributed by atoms with Crippen LogP contribution < -0.4 is 0 Å². The van der Waals surface area contributed by atoms with Crippen LogP contribution in [-0.2, 0) is 0 Å². The van der Waals surface area contributed by atoms with E-state index in [1.54, 1.807) is 6.08 Å². The van der Waals surface area contributed by atoms with Crippen LogP contribution in [0.1, 0.15) is 40.0 Å². The maximum atomic E-state index is 3.56. The van der Waals surface area contributed by atoms with Crippen molar-refractivity contribution in [3.05, 3.63) is 24.8 Å². The second kappa shape index (κ2) is 11.3. The van der Waals surface area contributed by atoms with E-state index < -0.39 is 0 Å². The molecule has 0 N–H and O–H groups in total. The third kappa shape index (κ3) is 25.9. The standard InChI is InChI=1S/C5H8.C5H12/c1-4-5(2)3;1-3-5-4-2/h4H,1-2H2,3H3;3-5H2,1-2H3. The van der Waals surface area contributed by atoms with Crippen molar-refractivity contribution < 1.29 is 0 Å². The molecule has 0 aliphatic carbocycles. The molecule has 10 heavy (non-hydrogen) atoms. The van der Waals surface area contributed by atoms with E-state index in [9.17, 15) is 0 Å². The van der Waals surface area contributed by atoms with Crippen molar-refractivity contribution in [3.63, 3.8) is 0 Å². The van der Waals surface area contributed by atoms with Gasteiger partial charge in [-0.2, -0.15) is 0 Å². The van der Waals surface area contributed by atoms with Gasteiger partial charge < -0.3 is 0 Å². The molecule has 0 heterocycles. The van der Waals surface area contributed by atoms with E-state index in [0.717, 1.165) is 5.57 Å². The van der Waals surface area contributed by atoms with Gasteiger partial charge in [0.1, 0.15) is 0 Å². The lowest BCUT2D eigenvalue weighted by Crippen LogP contribution is -1.59. The van der Waals surface area contributed by atoms with Gasteiger partial charge in [0.15, 0.2) is 0 Å². The fraction of sp³-hybridized carbons (Fsp3) is 0.600. The normalized spacial score (nSPS) is 7.50. The van der Waals surface area contributed by atoms with Crippen molar-refractivity contribution in [1.29, 1.82) is 0 Å². The largest absolute Gasteiger partial charge is 0.0988 e. The van der Waals surface area contributed by atoms with E-state index in [2.05, 4.69) is 27.0 Å². The minimum atomic E-state index is 1.02. The average Bonchev–Trinajstić information content (AvgIpc) is 1.91. The predicted molar refractivity (Wildman–Crippen MR) is 50.2 cm³/mol. The molecule has 0 aromatic rings. The first-order valence-corrected chi connectivity index (χ1v) is 3.96. The van der Waals surface area contributed by atoms with Gasteiger partial charge in [0, 0.05) is 0 Å². The lowest BCUT2D eigenvalue weighted by atomic mass is 10.3. The Balaban J connectivity index is 0. The molecule has 0 amide bonds. The highest BCUT2D eigenvalue weighted by atomic mass is 13.7. The molecular weight excluding hydrogens is 120 g/mol. The highest BCUT2D eigenvalue weighted by molar-refractivity contribution is 5.05. The van der Waals surface area contributed by atoms with Crippen molar-refractivity contribution in [2.24, 2.45) is 0 Å². The second-order valence-electron chi connectivity index (χ2n) is 2.40. The summed E-state index contributed by atoms with van der Waals surface area (Å²) < 4.78 is 0. The van der Waals surface area contributed by atoms with Gasteiger partial charge in [0.2, 0.25) is 0 Å². The van der Waals surface area contributed by atoms with Crippen LogP contribution in [0.4, 0.5) is 0 Å². The SMILES string of the molecule is C=CC(=C)C.CCCCC. The van der Waals surface area contributed by atoms with Gasteiger partial charge >= 0.3 is 0 Å². The first-order chi connectivity index (χ1) is 4.68. The molecule has 0 heteroatoms. The molecule has 0 aliphatic rings. The maximum absolute atomic E-state index is 3.56. The minimum absolute atomic E-state index is 1.02. The van der Waals surface area contributed by atoms with Crippen molar-refractivity contribution in [2.75, 3.05) is 0 Å². The van der Waals surface area contributed by atoms with E-state index in [0.29, 0.717) is 0 Å². The Morgan fingerprint density at radius 2 is 1.60 bits per heavy atom. The van der Waals surface area contributed by atoms with Crippen molar-refractivity contribution in [1.82, 2.24) is 0 Å². The van der Waals surface area contributed by atoms with Crippen LogP contribution in [0, 0.1) is 0 Å². The van der Waals surface area contributed by atoms with Gasteiger partial charge in [-0.05, 0) is 6.92 Å². The summed E-state index contributed by atoms with van der Waals surface area (Å²) in [6, 6.07) is 0. The molecule has 0 aromatic heterocycles. The molecule has 60 valence electrons. The molecule has 0 unspecified atom stereocenters. The highest BCUT2D eigenvalue weighted by Crippen LogP contribution is 1.88. The Morgan fingerprint density at radius 3 is 1.60 bits per heavy atom. The van der Waals surface area contributed by atoms with E-state index in [-0.39, 0.29) is 0 Å². The Bertz CT molecular complexity index is 78.0. The van der Waals surface area contributed by atoms with Gasteiger partial charge in [0.05, 0.1) is 0 Å². The predicted octanol–water partition coefficient (Wildman–Crippen LogP) is 3.95. The van der Waals surface area contributed by atoms with E-state index in [4.69, 9.17) is 0 Å². The van der Waals surface area contributed by atoms with Crippen molar-refractivity contribution in [2.45, 2.75) is 40.0 Å². The van der Waals surface area contributed by atoms with Gasteiger partial charge in [-0.1, -0.05) is 57.9 Å².